The lowest BCUT2D eigenvalue weighted by molar-refractivity contribution is -0.149. The van der Waals surface area contributed by atoms with E-state index in [1.54, 1.807) is 31.2 Å². The van der Waals surface area contributed by atoms with E-state index in [2.05, 4.69) is 10.3 Å². The number of carboxylic acids is 1. The fourth-order valence-electron chi connectivity index (χ4n) is 1.02. The maximum absolute atomic E-state index is 11.5. The van der Waals surface area contributed by atoms with Crippen LogP contribution in [0.5, 0.6) is 0 Å². The van der Waals surface area contributed by atoms with Crippen LogP contribution >= 0.6 is 23.4 Å². The van der Waals surface area contributed by atoms with Crippen LogP contribution in [0, 0.1) is 0 Å². The molecule has 0 spiro atoms. The van der Waals surface area contributed by atoms with E-state index >= 15 is 0 Å². The Bertz CT molecular complexity index is 424. The standard InChI is InChI=1S/C11H12ClNO4S/c1-7(11(16)13-17-6-10(14)15)18-9-4-2-8(12)3-5-9/h2-5,7H,6H2,1H3,(H,13,16)(H,14,15). The molecule has 7 heteroatoms. The summed E-state index contributed by atoms with van der Waals surface area (Å²) in [6.45, 7) is 1.13. The summed E-state index contributed by atoms with van der Waals surface area (Å²) in [5.41, 5.74) is 2.08. The molecule has 18 heavy (non-hydrogen) atoms. The molecule has 1 aromatic carbocycles. The van der Waals surface area contributed by atoms with Gasteiger partial charge in [0.05, 0.1) is 5.25 Å². The lowest BCUT2D eigenvalue weighted by Gasteiger charge is -2.11. The van der Waals surface area contributed by atoms with Gasteiger partial charge in [0.2, 0.25) is 0 Å². The van der Waals surface area contributed by atoms with E-state index in [4.69, 9.17) is 16.7 Å². The van der Waals surface area contributed by atoms with Gasteiger partial charge in [0.25, 0.3) is 5.91 Å². The van der Waals surface area contributed by atoms with Gasteiger partial charge in [0, 0.05) is 9.92 Å². The van der Waals surface area contributed by atoms with Crippen molar-refractivity contribution in [3.63, 3.8) is 0 Å². The quantitative estimate of drug-likeness (QED) is 0.618. The zero-order valence-electron chi connectivity index (χ0n) is 9.55. The highest BCUT2D eigenvalue weighted by Crippen LogP contribution is 2.24. The fourth-order valence-corrected chi connectivity index (χ4v) is 2.01. The van der Waals surface area contributed by atoms with E-state index in [0.717, 1.165) is 4.90 Å². The summed E-state index contributed by atoms with van der Waals surface area (Å²) in [5, 5.41) is 8.56. The number of amides is 1. The van der Waals surface area contributed by atoms with Crippen LogP contribution in [0.4, 0.5) is 0 Å². The third-order valence-electron chi connectivity index (χ3n) is 1.86. The molecular formula is C11H12ClNO4S. The number of carboxylic acid groups (broad SMARTS) is 1. The normalized spacial score (nSPS) is 11.9. The fraction of sp³-hybridized carbons (Fsp3) is 0.273. The number of carbonyl (C=O) groups is 2. The van der Waals surface area contributed by atoms with Crippen LogP contribution in [0.1, 0.15) is 6.92 Å². The first-order chi connectivity index (χ1) is 8.49. The molecule has 1 aromatic rings. The molecule has 1 atom stereocenters. The summed E-state index contributed by atoms with van der Waals surface area (Å²) >= 11 is 7.07. The minimum atomic E-state index is -1.15. The first kappa shape index (κ1) is 14.8. The van der Waals surface area contributed by atoms with Crippen LogP contribution in [0.3, 0.4) is 0 Å². The lowest BCUT2D eigenvalue weighted by Crippen LogP contribution is -2.32. The van der Waals surface area contributed by atoms with Gasteiger partial charge in [-0.25, -0.2) is 10.3 Å². The van der Waals surface area contributed by atoms with Crippen molar-refractivity contribution >= 4 is 35.2 Å². The Kier molecular flexibility index (Phi) is 5.97. The van der Waals surface area contributed by atoms with Gasteiger partial charge in [-0.2, -0.15) is 0 Å². The van der Waals surface area contributed by atoms with Crippen LogP contribution in [0.25, 0.3) is 0 Å². The van der Waals surface area contributed by atoms with Crippen molar-refractivity contribution in [2.45, 2.75) is 17.1 Å². The predicted octanol–water partition coefficient (Wildman–Crippen LogP) is 1.95. The Morgan fingerprint density at radius 1 is 1.44 bits per heavy atom. The number of hydrogen-bond donors (Lipinski definition) is 2. The zero-order chi connectivity index (χ0) is 13.5. The highest BCUT2D eigenvalue weighted by atomic mass is 35.5. The van der Waals surface area contributed by atoms with Gasteiger partial charge in [-0.05, 0) is 31.2 Å². The van der Waals surface area contributed by atoms with Gasteiger partial charge in [-0.3, -0.25) is 9.63 Å². The molecule has 0 aliphatic carbocycles. The third kappa shape index (κ3) is 5.39. The molecule has 0 saturated carbocycles. The molecule has 5 nitrogen and oxygen atoms in total. The highest BCUT2D eigenvalue weighted by molar-refractivity contribution is 8.00. The number of aliphatic carboxylic acids is 1. The first-order valence-electron chi connectivity index (χ1n) is 5.04. The van der Waals surface area contributed by atoms with Crippen molar-refractivity contribution in [3.05, 3.63) is 29.3 Å². The molecule has 1 amide bonds. The number of carbonyl (C=O) groups excluding carboxylic acids is 1. The van der Waals surface area contributed by atoms with Crippen LogP contribution in [-0.2, 0) is 14.4 Å². The van der Waals surface area contributed by atoms with E-state index in [1.807, 2.05) is 0 Å². The average Bonchev–Trinajstić information content (AvgIpc) is 2.31. The zero-order valence-corrected chi connectivity index (χ0v) is 11.1. The molecular weight excluding hydrogens is 278 g/mol. The number of hydrogen-bond acceptors (Lipinski definition) is 4. The van der Waals surface area contributed by atoms with Crippen molar-refractivity contribution < 1.29 is 19.5 Å². The number of hydroxylamine groups is 1. The second-order valence-electron chi connectivity index (χ2n) is 3.36. The molecule has 0 heterocycles. The van der Waals surface area contributed by atoms with Crippen molar-refractivity contribution in [3.8, 4) is 0 Å². The molecule has 0 radical (unpaired) electrons. The molecule has 1 unspecified atom stereocenters. The Hall–Kier alpha value is -1.24. The summed E-state index contributed by atoms with van der Waals surface area (Å²) in [5.74, 6) is -1.54. The van der Waals surface area contributed by atoms with E-state index < -0.39 is 23.7 Å². The van der Waals surface area contributed by atoms with Gasteiger partial charge in [0.15, 0.2) is 6.61 Å². The SMILES string of the molecule is CC(Sc1ccc(Cl)cc1)C(=O)NOCC(=O)O. The lowest BCUT2D eigenvalue weighted by atomic mass is 10.4. The van der Waals surface area contributed by atoms with E-state index in [-0.39, 0.29) is 0 Å². The smallest absolute Gasteiger partial charge is 0.332 e. The van der Waals surface area contributed by atoms with Crippen molar-refractivity contribution in [1.82, 2.24) is 5.48 Å². The molecule has 0 aromatic heterocycles. The van der Waals surface area contributed by atoms with E-state index in [9.17, 15) is 9.59 Å². The molecule has 98 valence electrons. The van der Waals surface area contributed by atoms with Gasteiger partial charge in [-0.15, -0.1) is 11.8 Å². The maximum Gasteiger partial charge on any atom is 0.332 e. The average molecular weight is 290 g/mol. The van der Waals surface area contributed by atoms with Crippen molar-refractivity contribution in [2.24, 2.45) is 0 Å². The van der Waals surface area contributed by atoms with Crippen LogP contribution < -0.4 is 5.48 Å². The number of thioether (sulfide) groups is 1. The number of rotatable bonds is 6. The van der Waals surface area contributed by atoms with Gasteiger partial charge < -0.3 is 5.11 Å². The Morgan fingerprint density at radius 2 is 2.06 bits per heavy atom. The monoisotopic (exact) mass is 289 g/mol. The number of halogens is 1. The summed E-state index contributed by atoms with van der Waals surface area (Å²) < 4.78 is 0. The summed E-state index contributed by atoms with van der Waals surface area (Å²) in [7, 11) is 0. The van der Waals surface area contributed by atoms with Crippen molar-refractivity contribution in [2.75, 3.05) is 6.61 Å². The van der Waals surface area contributed by atoms with E-state index in [0.29, 0.717) is 5.02 Å². The molecule has 0 saturated heterocycles. The highest BCUT2D eigenvalue weighted by Gasteiger charge is 2.14. The second kappa shape index (κ2) is 7.25. The minimum Gasteiger partial charge on any atom is -0.479 e. The largest absolute Gasteiger partial charge is 0.479 e. The third-order valence-corrected chi connectivity index (χ3v) is 3.23. The topological polar surface area (TPSA) is 75.6 Å². The van der Waals surface area contributed by atoms with Crippen molar-refractivity contribution in [1.29, 1.82) is 0 Å². The second-order valence-corrected chi connectivity index (χ2v) is 5.21. The molecule has 0 fully saturated rings. The summed E-state index contributed by atoms with van der Waals surface area (Å²) in [6.07, 6.45) is 0. The summed E-state index contributed by atoms with van der Waals surface area (Å²) in [4.78, 5) is 27.1. The van der Waals surface area contributed by atoms with Crippen LogP contribution in [0.15, 0.2) is 29.2 Å². The molecule has 2 N–H and O–H groups in total. The maximum atomic E-state index is 11.5. The Morgan fingerprint density at radius 3 is 2.61 bits per heavy atom. The number of nitrogens with one attached hydrogen (secondary N) is 1. The Balaban J connectivity index is 2.39. The van der Waals surface area contributed by atoms with Crippen LogP contribution in [-0.4, -0.2) is 28.8 Å². The molecule has 1 rings (SSSR count). The molecule has 0 bridgehead atoms. The van der Waals surface area contributed by atoms with Gasteiger partial charge in [-0.1, -0.05) is 11.6 Å². The van der Waals surface area contributed by atoms with Crippen LogP contribution in [0.2, 0.25) is 5.02 Å². The number of benzene rings is 1. The van der Waals surface area contributed by atoms with Gasteiger partial charge >= 0.3 is 5.97 Å². The Labute approximate surface area is 113 Å². The summed E-state index contributed by atoms with van der Waals surface area (Å²) in [6, 6.07) is 7.06. The predicted molar refractivity (Wildman–Crippen MR) is 68.5 cm³/mol. The first-order valence-corrected chi connectivity index (χ1v) is 6.30. The molecule has 0 aliphatic heterocycles. The van der Waals surface area contributed by atoms with Gasteiger partial charge in [0.1, 0.15) is 0 Å². The minimum absolute atomic E-state index is 0.392. The molecule has 0 aliphatic rings. The van der Waals surface area contributed by atoms with E-state index in [1.165, 1.54) is 11.8 Å².